The van der Waals surface area contributed by atoms with Crippen LogP contribution in [0, 0.1) is 17.8 Å². The standard InChI is InChI=1S/C16H30O3/c1-11(2)6-5-7-12(3)14-15(18-4)13(17)8-9-16(14)10-19-16/h11-15,17H,5-10H2,1-4H3/t12-,13-,14+,15-,16+/m1/s1. The maximum Gasteiger partial charge on any atom is 0.0973 e. The molecule has 19 heavy (non-hydrogen) atoms. The molecule has 0 radical (unpaired) electrons. The Morgan fingerprint density at radius 1 is 1.32 bits per heavy atom. The smallest absolute Gasteiger partial charge is 0.0973 e. The highest BCUT2D eigenvalue weighted by atomic mass is 16.6. The van der Waals surface area contributed by atoms with Gasteiger partial charge in [-0.25, -0.2) is 0 Å². The monoisotopic (exact) mass is 270 g/mol. The van der Waals surface area contributed by atoms with E-state index < -0.39 is 0 Å². The molecule has 1 aliphatic carbocycles. The van der Waals surface area contributed by atoms with E-state index >= 15 is 0 Å². The largest absolute Gasteiger partial charge is 0.390 e. The van der Waals surface area contributed by atoms with Crippen molar-refractivity contribution in [3.8, 4) is 0 Å². The van der Waals surface area contributed by atoms with E-state index in [1.54, 1.807) is 7.11 Å². The minimum Gasteiger partial charge on any atom is -0.390 e. The summed E-state index contributed by atoms with van der Waals surface area (Å²) < 4.78 is 11.4. The Kier molecular flexibility index (Phi) is 4.91. The first-order chi connectivity index (χ1) is 9.00. The predicted octanol–water partition coefficient (Wildman–Crippen LogP) is 3.00. The highest BCUT2D eigenvalue weighted by molar-refractivity contribution is 5.08. The average molecular weight is 270 g/mol. The lowest BCUT2D eigenvalue weighted by Crippen LogP contribution is -2.50. The summed E-state index contributed by atoms with van der Waals surface area (Å²) in [6, 6.07) is 0. The molecule has 2 aliphatic rings. The molecule has 5 atom stereocenters. The van der Waals surface area contributed by atoms with Crippen LogP contribution in [0.5, 0.6) is 0 Å². The number of ether oxygens (including phenoxy) is 2. The molecule has 1 aliphatic heterocycles. The van der Waals surface area contributed by atoms with E-state index in [1.165, 1.54) is 19.3 Å². The van der Waals surface area contributed by atoms with Gasteiger partial charge < -0.3 is 14.6 Å². The molecule has 1 spiro atoms. The Morgan fingerprint density at radius 3 is 2.53 bits per heavy atom. The molecule has 0 amide bonds. The van der Waals surface area contributed by atoms with Gasteiger partial charge in [0.05, 0.1) is 24.4 Å². The molecule has 0 aromatic rings. The summed E-state index contributed by atoms with van der Waals surface area (Å²) in [5, 5.41) is 10.2. The first-order valence-corrected chi connectivity index (χ1v) is 7.85. The Labute approximate surface area is 117 Å². The third kappa shape index (κ3) is 3.32. The van der Waals surface area contributed by atoms with Crippen LogP contribution in [-0.4, -0.2) is 36.6 Å². The lowest BCUT2D eigenvalue weighted by atomic mass is 9.68. The number of rotatable bonds is 6. The first kappa shape index (κ1) is 15.3. The van der Waals surface area contributed by atoms with Gasteiger partial charge >= 0.3 is 0 Å². The maximum absolute atomic E-state index is 10.2. The summed E-state index contributed by atoms with van der Waals surface area (Å²) in [5.74, 6) is 1.68. The summed E-state index contributed by atoms with van der Waals surface area (Å²) in [4.78, 5) is 0. The van der Waals surface area contributed by atoms with Crippen LogP contribution in [0.25, 0.3) is 0 Å². The van der Waals surface area contributed by atoms with Crippen molar-refractivity contribution in [2.45, 2.75) is 70.7 Å². The van der Waals surface area contributed by atoms with Crippen LogP contribution in [0.4, 0.5) is 0 Å². The fourth-order valence-corrected chi connectivity index (χ4v) is 3.86. The lowest BCUT2D eigenvalue weighted by Gasteiger charge is -2.42. The topological polar surface area (TPSA) is 42.0 Å². The number of hydrogen-bond acceptors (Lipinski definition) is 3. The van der Waals surface area contributed by atoms with E-state index in [4.69, 9.17) is 9.47 Å². The molecule has 2 rings (SSSR count). The van der Waals surface area contributed by atoms with Crippen LogP contribution < -0.4 is 0 Å². The van der Waals surface area contributed by atoms with E-state index in [0.717, 1.165) is 25.4 Å². The van der Waals surface area contributed by atoms with Crippen molar-refractivity contribution in [2.75, 3.05) is 13.7 Å². The van der Waals surface area contributed by atoms with Crippen LogP contribution in [0.3, 0.4) is 0 Å². The van der Waals surface area contributed by atoms with E-state index in [0.29, 0.717) is 11.8 Å². The van der Waals surface area contributed by atoms with Crippen LogP contribution in [0.15, 0.2) is 0 Å². The summed E-state index contributed by atoms with van der Waals surface area (Å²) in [6.07, 6.45) is 5.19. The number of epoxide rings is 1. The van der Waals surface area contributed by atoms with Crippen LogP contribution in [-0.2, 0) is 9.47 Å². The highest BCUT2D eigenvalue weighted by Gasteiger charge is 2.59. The molecule has 1 saturated heterocycles. The Balaban J connectivity index is 1.97. The molecule has 2 fully saturated rings. The minimum atomic E-state index is -0.322. The maximum atomic E-state index is 10.2. The zero-order valence-electron chi connectivity index (χ0n) is 12.9. The predicted molar refractivity (Wildman–Crippen MR) is 76.1 cm³/mol. The van der Waals surface area contributed by atoms with Gasteiger partial charge in [-0.3, -0.25) is 0 Å². The zero-order valence-corrected chi connectivity index (χ0v) is 12.9. The normalized spacial score (nSPS) is 39.8. The van der Waals surface area contributed by atoms with Crippen molar-refractivity contribution in [1.29, 1.82) is 0 Å². The third-order valence-electron chi connectivity index (χ3n) is 5.05. The van der Waals surface area contributed by atoms with Crippen molar-refractivity contribution in [1.82, 2.24) is 0 Å². The fraction of sp³-hybridized carbons (Fsp3) is 1.00. The third-order valence-corrected chi connectivity index (χ3v) is 5.05. The number of aliphatic hydroxyl groups excluding tert-OH is 1. The quantitative estimate of drug-likeness (QED) is 0.754. The fourth-order valence-electron chi connectivity index (χ4n) is 3.86. The van der Waals surface area contributed by atoms with Crippen LogP contribution >= 0.6 is 0 Å². The second kappa shape index (κ2) is 6.11. The molecular weight excluding hydrogens is 240 g/mol. The molecule has 112 valence electrons. The van der Waals surface area contributed by atoms with E-state index in [-0.39, 0.29) is 17.8 Å². The number of aliphatic hydroxyl groups is 1. The molecule has 0 aromatic heterocycles. The lowest BCUT2D eigenvalue weighted by molar-refractivity contribution is -0.112. The molecular formula is C16H30O3. The second-order valence-electron chi connectivity index (χ2n) is 6.99. The van der Waals surface area contributed by atoms with E-state index in [9.17, 15) is 5.11 Å². The van der Waals surface area contributed by atoms with Crippen molar-refractivity contribution in [3.05, 3.63) is 0 Å². The molecule has 0 unspecified atom stereocenters. The Hall–Kier alpha value is -0.120. The summed E-state index contributed by atoms with van der Waals surface area (Å²) >= 11 is 0. The van der Waals surface area contributed by atoms with Crippen molar-refractivity contribution >= 4 is 0 Å². The Morgan fingerprint density at radius 2 is 2.00 bits per heavy atom. The van der Waals surface area contributed by atoms with Crippen LogP contribution in [0.2, 0.25) is 0 Å². The van der Waals surface area contributed by atoms with Gasteiger partial charge in [-0.15, -0.1) is 0 Å². The van der Waals surface area contributed by atoms with Crippen molar-refractivity contribution in [3.63, 3.8) is 0 Å². The summed E-state index contributed by atoms with van der Waals surface area (Å²) in [5.41, 5.74) is 0.0250. The van der Waals surface area contributed by atoms with E-state index in [2.05, 4.69) is 20.8 Å². The van der Waals surface area contributed by atoms with Gasteiger partial charge in [-0.05, 0) is 24.7 Å². The molecule has 3 heteroatoms. The zero-order chi connectivity index (χ0) is 14.0. The molecule has 1 heterocycles. The molecule has 1 N–H and O–H groups in total. The number of methoxy groups -OCH3 is 1. The van der Waals surface area contributed by atoms with Gasteiger partial charge in [0.15, 0.2) is 0 Å². The molecule has 3 nitrogen and oxygen atoms in total. The van der Waals surface area contributed by atoms with Gasteiger partial charge in [0.25, 0.3) is 0 Å². The van der Waals surface area contributed by atoms with Crippen molar-refractivity contribution < 1.29 is 14.6 Å². The first-order valence-electron chi connectivity index (χ1n) is 7.85. The van der Waals surface area contributed by atoms with Gasteiger partial charge in [0, 0.05) is 13.0 Å². The van der Waals surface area contributed by atoms with Gasteiger partial charge in [-0.1, -0.05) is 40.0 Å². The Bertz CT molecular complexity index is 286. The molecule has 0 bridgehead atoms. The molecule has 1 saturated carbocycles. The van der Waals surface area contributed by atoms with E-state index in [1.807, 2.05) is 0 Å². The summed E-state index contributed by atoms with van der Waals surface area (Å²) in [7, 11) is 1.73. The molecule has 0 aromatic carbocycles. The van der Waals surface area contributed by atoms with Gasteiger partial charge in [0.2, 0.25) is 0 Å². The SMILES string of the molecule is CO[C@H]1[C@H]([C@H](C)CCCC(C)C)[C@]2(CC[C@H]1O)CO2. The second-order valence-corrected chi connectivity index (χ2v) is 6.99. The number of hydrogen-bond donors (Lipinski definition) is 1. The minimum absolute atomic E-state index is 0.0250. The van der Waals surface area contributed by atoms with Crippen LogP contribution in [0.1, 0.15) is 52.9 Å². The van der Waals surface area contributed by atoms with Gasteiger partial charge in [-0.2, -0.15) is 0 Å². The van der Waals surface area contributed by atoms with Crippen molar-refractivity contribution in [2.24, 2.45) is 17.8 Å². The van der Waals surface area contributed by atoms with Gasteiger partial charge in [0.1, 0.15) is 0 Å². The highest BCUT2D eigenvalue weighted by Crippen LogP contribution is 2.51. The average Bonchev–Trinajstić information content (AvgIpc) is 3.12. The summed E-state index contributed by atoms with van der Waals surface area (Å²) in [6.45, 7) is 7.72.